The first-order valence-corrected chi connectivity index (χ1v) is 9.08. The molecule has 0 bridgehead atoms. The van der Waals surface area contributed by atoms with Crippen molar-refractivity contribution in [2.24, 2.45) is 0 Å². The Balaban J connectivity index is 1.63. The normalized spacial score (nSPS) is 16.0. The molecule has 134 valence electrons. The van der Waals surface area contributed by atoms with Crippen LogP contribution in [0.25, 0.3) is 11.3 Å². The predicted octanol–water partition coefficient (Wildman–Crippen LogP) is 3.99. The molecule has 3 rings (SSSR count). The minimum atomic E-state index is -0.326. The van der Waals surface area contributed by atoms with Gasteiger partial charge < -0.3 is 14.7 Å². The number of amides is 1. The van der Waals surface area contributed by atoms with Crippen molar-refractivity contribution in [3.63, 3.8) is 0 Å². The average Bonchev–Trinajstić information content (AvgIpc) is 3.06. The van der Waals surface area contributed by atoms with Gasteiger partial charge in [0.25, 0.3) is 5.91 Å². The van der Waals surface area contributed by atoms with Crippen LogP contribution in [0.4, 0.5) is 0 Å². The van der Waals surface area contributed by atoms with Crippen LogP contribution in [0.2, 0.25) is 5.02 Å². The second-order valence-corrected chi connectivity index (χ2v) is 7.69. The van der Waals surface area contributed by atoms with Gasteiger partial charge in [-0.3, -0.25) is 4.79 Å². The van der Waals surface area contributed by atoms with Crippen LogP contribution in [-0.2, 0) is 0 Å². The Bertz CT molecular complexity index is 719. The van der Waals surface area contributed by atoms with E-state index in [0.29, 0.717) is 10.8 Å². The molecule has 1 saturated heterocycles. The standard InChI is InChI=1S/C19H24ClN3O2/c1-19(2,13-23-10-4-3-5-11-23)21-18(24)16-12-17(25-22-16)14-6-8-15(20)9-7-14/h6-9,12H,3-5,10-11,13H2,1-2H3,(H,21,24). The third kappa shape index (κ3) is 4.83. The summed E-state index contributed by atoms with van der Waals surface area (Å²) in [6.45, 7) is 7.12. The third-order valence-corrected chi connectivity index (χ3v) is 4.64. The van der Waals surface area contributed by atoms with Crippen LogP contribution in [0, 0.1) is 0 Å². The Labute approximate surface area is 153 Å². The maximum absolute atomic E-state index is 12.5. The molecule has 2 aromatic rings. The minimum Gasteiger partial charge on any atom is -0.355 e. The van der Waals surface area contributed by atoms with Crippen LogP contribution >= 0.6 is 11.6 Å². The van der Waals surface area contributed by atoms with Gasteiger partial charge in [0.2, 0.25) is 0 Å². The summed E-state index contributed by atoms with van der Waals surface area (Å²) in [7, 11) is 0. The van der Waals surface area contributed by atoms with Crippen LogP contribution in [0.15, 0.2) is 34.9 Å². The summed E-state index contributed by atoms with van der Waals surface area (Å²) in [5.74, 6) is 0.335. The summed E-state index contributed by atoms with van der Waals surface area (Å²) >= 11 is 5.89. The third-order valence-electron chi connectivity index (χ3n) is 4.39. The van der Waals surface area contributed by atoms with Crippen molar-refractivity contribution in [1.29, 1.82) is 0 Å². The van der Waals surface area contributed by atoms with Gasteiger partial charge >= 0.3 is 0 Å². The van der Waals surface area contributed by atoms with Gasteiger partial charge in [0, 0.05) is 28.7 Å². The van der Waals surface area contributed by atoms with Gasteiger partial charge in [-0.1, -0.05) is 23.2 Å². The summed E-state index contributed by atoms with van der Waals surface area (Å²) in [6.07, 6.45) is 3.77. The summed E-state index contributed by atoms with van der Waals surface area (Å²) in [5, 5.41) is 7.64. The molecule has 0 atom stereocenters. The molecule has 1 aliphatic rings. The Morgan fingerprint density at radius 2 is 1.92 bits per heavy atom. The van der Waals surface area contributed by atoms with E-state index in [4.69, 9.17) is 16.1 Å². The molecule has 0 aliphatic carbocycles. The van der Waals surface area contributed by atoms with E-state index in [2.05, 4.69) is 15.4 Å². The second-order valence-electron chi connectivity index (χ2n) is 7.26. The molecule has 25 heavy (non-hydrogen) atoms. The van der Waals surface area contributed by atoms with Crippen molar-refractivity contribution in [1.82, 2.24) is 15.4 Å². The molecule has 1 N–H and O–H groups in total. The Morgan fingerprint density at radius 1 is 1.24 bits per heavy atom. The fourth-order valence-electron chi connectivity index (χ4n) is 3.22. The summed E-state index contributed by atoms with van der Waals surface area (Å²) in [5.41, 5.74) is 0.800. The highest BCUT2D eigenvalue weighted by atomic mass is 35.5. The molecule has 5 nitrogen and oxygen atoms in total. The van der Waals surface area contributed by atoms with Crippen LogP contribution in [0.1, 0.15) is 43.6 Å². The molecule has 1 aromatic heterocycles. The van der Waals surface area contributed by atoms with Crippen molar-refractivity contribution in [3.8, 4) is 11.3 Å². The molecule has 6 heteroatoms. The van der Waals surface area contributed by atoms with Gasteiger partial charge in [-0.25, -0.2) is 0 Å². The zero-order valence-corrected chi connectivity index (χ0v) is 15.5. The quantitative estimate of drug-likeness (QED) is 0.874. The number of carbonyl (C=O) groups excluding carboxylic acids is 1. The van der Waals surface area contributed by atoms with Gasteiger partial charge in [0.05, 0.1) is 0 Å². The fourth-order valence-corrected chi connectivity index (χ4v) is 3.35. The van der Waals surface area contributed by atoms with Gasteiger partial charge in [0.1, 0.15) is 0 Å². The maximum Gasteiger partial charge on any atom is 0.273 e. The lowest BCUT2D eigenvalue weighted by Gasteiger charge is -2.35. The number of hydrogen-bond donors (Lipinski definition) is 1. The van der Waals surface area contributed by atoms with Crippen molar-refractivity contribution < 1.29 is 9.32 Å². The number of rotatable bonds is 5. The Hall–Kier alpha value is -1.85. The molecule has 1 aromatic carbocycles. The molecular formula is C19H24ClN3O2. The monoisotopic (exact) mass is 361 g/mol. The van der Waals surface area contributed by atoms with Gasteiger partial charge in [0.15, 0.2) is 11.5 Å². The zero-order chi connectivity index (χ0) is 17.9. The Kier molecular flexibility index (Phi) is 5.45. The Morgan fingerprint density at radius 3 is 2.60 bits per heavy atom. The van der Waals surface area contributed by atoms with Crippen LogP contribution in [0.5, 0.6) is 0 Å². The average molecular weight is 362 g/mol. The molecule has 2 heterocycles. The lowest BCUT2D eigenvalue weighted by Crippen LogP contribution is -2.52. The molecule has 1 aliphatic heterocycles. The van der Waals surface area contributed by atoms with Crippen molar-refractivity contribution in [2.45, 2.75) is 38.6 Å². The number of likely N-dealkylation sites (tertiary alicyclic amines) is 1. The number of nitrogens with zero attached hydrogens (tertiary/aromatic N) is 2. The number of benzene rings is 1. The zero-order valence-electron chi connectivity index (χ0n) is 14.7. The van der Waals surface area contributed by atoms with E-state index in [1.807, 2.05) is 26.0 Å². The van der Waals surface area contributed by atoms with Gasteiger partial charge in [-0.05, 0) is 64.0 Å². The predicted molar refractivity (Wildman–Crippen MR) is 98.8 cm³/mol. The van der Waals surface area contributed by atoms with E-state index in [-0.39, 0.29) is 17.1 Å². The second kappa shape index (κ2) is 7.58. The molecular weight excluding hydrogens is 338 g/mol. The number of piperidine rings is 1. The molecule has 0 unspecified atom stereocenters. The number of aromatic nitrogens is 1. The van der Waals surface area contributed by atoms with E-state index in [1.54, 1.807) is 18.2 Å². The lowest BCUT2D eigenvalue weighted by atomic mass is 10.0. The minimum absolute atomic E-state index is 0.217. The topological polar surface area (TPSA) is 58.4 Å². The largest absolute Gasteiger partial charge is 0.355 e. The van der Waals surface area contributed by atoms with Gasteiger partial charge in [-0.2, -0.15) is 0 Å². The first kappa shape index (κ1) is 18.0. The smallest absolute Gasteiger partial charge is 0.273 e. The number of nitrogens with one attached hydrogen (secondary N) is 1. The van der Waals surface area contributed by atoms with E-state index >= 15 is 0 Å². The van der Waals surface area contributed by atoms with Crippen LogP contribution in [-0.4, -0.2) is 41.1 Å². The van der Waals surface area contributed by atoms with Crippen molar-refractivity contribution in [2.75, 3.05) is 19.6 Å². The van der Waals surface area contributed by atoms with Crippen LogP contribution in [0.3, 0.4) is 0 Å². The highest BCUT2D eigenvalue weighted by Crippen LogP contribution is 2.22. The first-order valence-electron chi connectivity index (χ1n) is 8.70. The lowest BCUT2D eigenvalue weighted by molar-refractivity contribution is 0.0869. The van der Waals surface area contributed by atoms with Crippen LogP contribution < -0.4 is 5.32 Å². The first-order chi connectivity index (χ1) is 11.9. The maximum atomic E-state index is 12.5. The van der Waals surface area contributed by atoms with E-state index in [0.717, 1.165) is 25.2 Å². The molecule has 1 fully saturated rings. The highest BCUT2D eigenvalue weighted by Gasteiger charge is 2.26. The fraction of sp³-hybridized carbons (Fsp3) is 0.474. The molecule has 1 amide bonds. The van der Waals surface area contributed by atoms with Crippen molar-refractivity contribution in [3.05, 3.63) is 41.0 Å². The summed E-state index contributed by atoms with van der Waals surface area (Å²) in [6, 6.07) is 8.90. The SMILES string of the molecule is CC(C)(CN1CCCCC1)NC(=O)c1cc(-c2ccc(Cl)cc2)on1. The molecule has 0 radical (unpaired) electrons. The molecule has 0 saturated carbocycles. The van der Waals surface area contributed by atoms with Gasteiger partial charge in [-0.15, -0.1) is 0 Å². The number of carbonyl (C=O) groups is 1. The summed E-state index contributed by atoms with van der Waals surface area (Å²) in [4.78, 5) is 14.9. The van der Waals surface area contributed by atoms with E-state index < -0.39 is 0 Å². The van der Waals surface area contributed by atoms with E-state index in [9.17, 15) is 4.79 Å². The van der Waals surface area contributed by atoms with Crippen molar-refractivity contribution >= 4 is 17.5 Å². The number of hydrogen-bond acceptors (Lipinski definition) is 4. The van der Waals surface area contributed by atoms with E-state index in [1.165, 1.54) is 19.3 Å². The highest BCUT2D eigenvalue weighted by molar-refractivity contribution is 6.30. The summed E-state index contributed by atoms with van der Waals surface area (Å²) < 4.78 is 5.31. The number of halogens is 1. The molecule has 0 spiro atoms.